The third-order valence-electron chi connectivity index (χ3n) is 6.36. The lowest BCUT2D eigenvalue weighted by Crippen LogP contribution is -2.33. The minimum Gasteiger partial charge on any atom is -0.487 e. The van der Waals surface area contributed by atoms with Gasteiger partial charge < -0.3 is 20.7 Å². The van der Waals surface area contributed by atoms with Crippen molar-refractivity contribution in [2.75, 3.05) is 18.4 Å². The number of amides is 2. The van der Waals surface area contributed by atoms with Crippen molar-refractivity contribution in [3.63, 3.8) is 0 Å². The fraction of sp³-hybridized carbons (Fsp3) is 0.400. The van der Waals surface area contributed by atoms with Crippen LogP contribution in [0.15, 0.2) is 37.0 Å². The zero-order valence-corrected chi connectivity index (χ0v) is 19.8. The molecule has 7 nitrogen and oxygen atoms in total. The van der Waals surface area contributed by atoms with E-state index >= 15 is 0 Å². The number of fused-ring (bicyclic) bond motifs is 1. The largest absolute Gasteiger partial charge is 0.487 e. The van der Waals surface area contributed by atoms with E-state index in [1.54, 1.807) is 37.1 Å². The van der Waals surface area contributed by atoms with Crippen LogP contribution in [0.5, 0.6) is 5.75 Å². The van der Waals surface area contributed by atoms with Crippen LogP contribution in [0.4, 0.5) is 14.5 Å². The van der Waals surface area contributed by atoms with Gasteiger partial charge in [-0.05, 0) is 55.4 Å². The molecule has 2 amide bonds. The molecular formula is C25H30F2N4O3. The monoisotopic (exact) mass is 472 g/mol. The number of anilines is 1. The number of nitrogens with zero attached hydrogens (tertiary/aromatic N) is 2. The lowest BCUT2D eigenvalue weighted by atomic mass is 10.1. The van der Waals surface area contributed by atoms with Crippen molar-refractivity contribution in [2.45, 2.75) is 33.8 Å². The minimum atomic E-state index is -1.09. The molecule has 1 aromatic carbocycles. The van der Waals surface area contributed by atoms with E-state index < -0.39 is 11.6 Å². The average molecular weight is 473 g/mol. The Balaban J connectivity index is 0.000000229. The maximum Gasteiger partial charge on any atom is 0.257 e. The van der Waals surface area contributed by atoms with Gasteiger partial charge >= 0.3 is 0 Å². The number of piperidine rings is 1. The Morgan fingerprint density at radius 2 is 1.94 bits per heavy atom. The number of halogens is 2. The topological polar surface area (TPSA) is 97.5 Å². The van der Waals surface area contributed by atoms with E-state index in [4.69, 9.17) is 10.5 Å². The van der Waals surface area contributed by atoms with Gasteiger partial charge in [0.15, 0.2) is 11.6 Å². The Kier molecular flexibility index (Phi) is 7.24. The Morgan fingerprint density at radius 1 is 1.29 bits per heavy atom. The summed E-state index contributed by atoms with van der Waals surface area (Å²) in [7, 11) is 0. The minimum absolute atomic E-state index is 0.103. The number of nitrogens with one attached hydrogen (secondary N) is 1. The van der Waals surface area contributed by atoms with Crippen LogP contribution >= 0.6 is 0 Å². The molecule has 4 rings (SSSR count). The molecule has 1 aromatic heterocycles. The number of ether oxygens (including phenoxy) is 1. The van der Waals surface area contributed by atoms with Gasteiger partial charge in [0.2, 0.25) is 12.2 Å². The molecule has 0 bridgehead atoms. The third kappa shape index (κ3) is 5.18. The molecule has 2 aromatic rings. The zero-order chi connectivity index (χ0) is 25.2. The molecule has 2 fully saturated rings. The van der Waals surface area contributed by atoms with Crippen molar-refractivity contribution in [3.05, 3.63) is 59.9 Å². The Bertz CT molecular complexity index is 1090. The molecule has 34 heavy (non-hydrogen) atoms. The maximum atomic E-state index is 14.0. The Hall–Kier alpha value is -3.49. The Labute approximate surface area is 198 Å². The molecule has 3 N–H and O–H groups in total. The van der Waals surface area contributed by atoms with Crippen molar-refractivity contribution in [3.8, 4) is 5.75 Å². The SMILES string of the molecule is C=C(N)c1cc(NC=O)ccn1.CC(C)Oc1c(C(=O)N2CC3C(C2)C3(C)C)ccc(F)c1F. The van der Waals surface area contributed by atoms with E-state index in [0.29, 0.717) is 53.8 Å². The molecule has 2 atom stereocenters. The van der Waals surface area contributed by atoms with Crippen LogP contribution in [-0.2, 0) is 4.79 Å². The maximum absolute atomic E-state index is 14.0. The first-order valence-electron chi connectivity index (χ1n) is 11.0. The molecule has 1 saturated carbocycles. The number of nitrogens with two attached hydrogens (primary N) is 1. The van der Waals surface area contributed by atoms with Crippen LogP contribution in [0.25, 0.3) is 5.70 Å². The highest BCUT2D eigenvalue weighted by Gasteiger charge is 2.62. The van der Waals surface area contributed by atoms with E-state index in [9.17, 15) is 18.4 Å². The van der Waals surface area contributed by atoms with Gasteiger partial charge in [-0.3, -0.25) is 14.6 Å². The molecule has 2 unspecified atom stereocenters. The number of carbonyl (C=O) groups excluding carboxylic acids is 2. The van der Waals surface area contributed by atoms with Crippen molar-refractivity contribution in [2.24, 2.45) is 23.0 Å². The van der Waals surface area contributed by atoms with Gasteiger partial charge in [0.05, 0.1) is 23.1 Å². The zero-order valence-electron chi connectivity index (χ0n) is 19.8. The summed E-state index contributed by atoms with van der Waals surface area (Å²) < 4.78 is 32.8. The summed E-state index contributed by atoms with van der Waals surface area (Å²) in [4.78, 5) is 28.4. The van der Waals surface area contributed by atoms with Crippen molar-refractivity contribution in [1.29, 1.82) is 0 Å². The summed E-state index contributed by atoms with van der Waals surface area (Å²) in [5.74, 6) is -1.63. The fourth-order valence-electron chi connectivity index (χ4n) is 4.28. The predicted molar refractivity (Wildman–Crippen MR) is 126 cm³/mol. The number of pyridine rings is 1. The molecule has 2 aliphatic rings. The summed E-state index contributed by atoms with van der Waals surface area (Å²) in [6, 6.07) is 5.61. The van der Waals surface area contributed by atoms with E-state index in [2.05, 4.69) is 30.7 Å². The molecule has 2 heterocycles. The van der Waals surface area contributed by atoms with Crippen LogP contribution in [0.1, 0.15) is 43.7 Å². The second kappa shape index (κ2) is 9.79. The van der Waals surface area contributed by atoms with Gasteiger partial charge in [-0.25, -0.2) is 4.39 Å². The molecule has 9 heteroatoms. The van der Waals surface area contributed by atoms with Gasteiger partial charge in [-0.2, -0.15) is 4.39 Å². The highest BCUT2D eigenvalue weighted by molar-refractivity contribution is 5.97. The number of likely N-dealkylation sites (tertiary alicyclic amines) is 1. The van der Waals surface area contributed by atoms with Crippen LogP contribution < -0.4 is 15.8 Å². The lowest BCUT2D eigenvalue weighted by molar-refractivity contribution is -0.105. The first kappa shape index (κ1) is 25.1. The molecule has 0 spiro atoms. The highest BCUT2D eigenvalue weighted by atomic mass is 19.2. The van der Waals surface area contributed by atoms with Gasteiger partial charge in [0, 0.05) is 25.0 Å². The van der Waals surface area contributed by atoms with Crippen LogP contribution in [0.2, 0.25) is 0 Å². The van der Waals surface area contributed by atoms with Crippen LogP contribution in [0.3, 0.4) is 0 Å². The van der Waals surface area contributed by atoms with E-state index in [0.717, 1.165) is 6.07 Å². The third-order valence-corrected chi connectivity index (χ3v) is 6.36. The molecule has 1 saturated heterocycles. The Morgan fingerprint density at radius 3 is 2.50 bits per heavy atom. The average Bonchev–Trinajstić information content (AvgIpc) is 3.11. The van der Waals surface area contributed by atoms with E-state index in [1.165, 1.54) is 6.07 Å². The number of aromatic nitrogens is 1. The van der Waals surface area contributed by atoms with E-state index in [1.807, 2.05) is 0 Å². The number of benzene rings is 1. The smallest absolute Gasteiger partial charge is 0.257 e. The second-order valence-corrected chi connectivity index (χ2v) is 9.37. The summed E-state index contributed by atoms with van der Waals surface area (Å²) in [5, 5.41) is 2.49. The van der Waals surface area contributed by atoms with Crippen molar-refractivity contribution < 1.29 is 23.1 Å². The first-order chi connectivity index (χ1) is 16.0. The fourth-order valence-corrected chi connectivity index (χ4v) is 4.28. The van der Waals surface area contributed by atoms with Gasteiger partial charge in [0.25, 0.3) is 5.91 Å². The highest BCUT2D eigenvalue weighted by Crippen LogP contribution is 2.62. The summed E-state index contributed by atoms with van der Waals surface area (Å²) in [5.41, 5.74) is 7.41. The van der Waals surface area contributed by atoms with Gasteiger partial charge in [-0.15, -0.1) is 0 Å². The molecule has 182 valence electrons. The number of carbonyl (C=O) groups is 2. The molecule has 1 aliphatic heterocycles. The summed E-state index contributed by atoms with van der Waals surface area (Å²) in [6.45, 7) is 12.7. The van der Waals surface area contributed by atoms with Crippen LogP contribution in [-0.4, -0.2) is 41.4 Å². The number of hydrogen-bond donors (Lipinski definition) is 2. The number of hydrogen-bond acceptors (Lipinski definition) is 5. The van der Waals surface area contributed by atoms with E-state index in [-0.39, 0.29) is 23.3 Å². The van der Waals surface area contributed by atoms with Crippen molar-refractivity contribution >= 4 is 23.7 Å². The number of rotatable bonds is 6. The van der Waals surface area contributed by atoms with Crippen molar-refractivity contribution in [1.82, 2.24) is 9.88 Å². The molecule has 1 aliphatic carbocycles. The predicted octanol–water partition coefficient (Wildman–Crippen LogP) is 4.06. The summed E-state index contributed by atoms with van der Waals surface area (Å²) in [6.07, 6.45) is 1.81. The van der Waals surface area contributed by atoms with Gasteiger partial charge in [-0.1, -0.05) is 20.4 Å². The molecular weight excluding hydrogens is 442 g/mol. The second-order valence-electron chi connectivity index (χ2n) is 9.37. The first-order valence-corrected chi connectivity index (χ1v) is 11.0. The normalized spacial score (nSPS) is 19.6. The standard InChI is InChI=1S/C17H21F2NO2.C8H9N3O/c1-9(2)22-15-10(5-6-13(18)14(15)19)16(21)20-7-11-12(8-20)17(11,3)4;1-6(9)8-4-7(11-5-12)2-3-10-8/h5-6,9,11-12H,7-8H2,1-4H3;2-5H,1,9H2,(H,10,11,12). The summed E-state index contributed by atoms with van der Waals surface area (Å²) >= 11 is 0. The quantitative estimate of drug-likeness (QED) is 0.618. The molecule has 0 radical (unpaired) electrons. The lowest BCUT2D eigenvalue weighted by Gasteiger charge is -2.24. The van der Waals surface area contributed by atoms with Gasteiger partial charge in [0.1, 0.15) is 0 Å². The van der Waals surface area contributed by atoms with Crippen LogP contribution in [0, 0.1) is 28.9 Å².